The molecule has 0 amide bonds. The van der Waals surface area contributed by atoms with E-state index in [1.54, 1.807) is 6.20 Å². The molecule has 5 heteroatoms. The molecular weight excluding hydrogens is 298 g/mol. The monoisotopic (exact) mass is 319 g/mol. The smallest absolute Gasteiger partial charge is 0.125 e. The fourth-order valence-corrected chi connectivity index (χ4v) is 3.16. The first-order valence-electron chi connectivity index (χ1n) is 8.37. The predicted octanol–water partition coefficient (Wildman–Crippen LogP) is 2.94. The van der Waals surface area contributed by atoms with E-state index < -0.39 is 0 Å². The number of aromatic amines is 1. The van der Waals surface area contributed by atoms with Gasteiger partial charge in [0.25, 0.3) is 0 Å². The maximum atomic E-state index is 4.48. The lowest BCUT2D eigenvalue weighted by Gasteiger charge is -2.28. The van der Waals surface area contributed by atoms with Gasteiger partial charge in [0.15, 0.2) is 0 Å². The van der Waals surface area contributed by atoms with Crippen LogP contribution >= 0.6 is 0 Å². The van der Waals surface area contributed by atoms with Gasteiger partial charge in [-0.05, 0) is 35.7 Å². The first-order valence-corrected chi connectivity index (χ1v) is 8.37. The second-order valence-electron chi connectivity index (χ2n) is 6.12. The summed E-state index contributed by atoms with van der Waals surface area (Å²) in [5.74, 6) is 0.913. The molecular formula is C19H21N5. The standard InChI is InChI=1S/C19H21N5/c1-2-4-17-14-24(11-8-15(17)3-1)12-10-20-19-6-5-16(13-21-19)18-7-9-22-23-18/h1-7,9,13H,8,10-12,14H2,(H,20,21)(H,22,23). The summed E-state index contributed by atoms with van der Waals surface area (Å²) in [4.78, 5) is 6.97. The van der Waals surface area contributed by atoms with Gasteiger partial charge in [-0.1, -0.05) is 24.3 Å². The maximum absolute atomic E-state index is 4.48. The van der Waals surface area contributed by atoms with Crippen LogP contribution < -0.4 is 5.32 Å². The maximum Gasteiger partial charge on any atom is 0.125 e. The Bertz CT molecular complexity index is 780. The Balaban J connectivity index is 1.29. The van der Waals surface area contributed by atoms with Gasteiger partial charge in [-0.25, -0.2) is 4.98 Å². The van der Waals surface area contributed by atoms with Crippen molar-refractivity contribution in [2.24, 2.45) is 0 Å². The van der Waals surface area contributed by atoms with Crippen molar-refractivity contribution < 1.29 is 0 Å². The third-order valence-electron chi connectivity index (χ3n) is 4.52. The molecule has 122 valence electrons. The molecule has 0 saturated carbocycles. The van der Waals surface area contributed by atoms with Gasteiger partial charge in [-0.2, -0.15) is 5.10 Å². The van der Waals surface area contributed by atoms with Crippen molar-refractivity contribution in [1.29, 1.82) is 0 Å². The van der Waals surface area contributed by atoms with Crippen LogP contribution in [0.3, 0.4) is 0 Å². The molecule has 24 heavy (non-hydrogen) atoms. The second kappa shape index (κ2) is 6.84. The van der Waals surface area contributed by atoms with Gasteiger partial charge >= 0.3 is 0 Å². The summed E-state index contributed by atoms with van der Waals surface area (Å²) < 4.78 is 0. The van der Waals surface area contributed by atoms with Crippen LogP contribution in [-0.2, 0) is 13.0 Å². The highest BCUT2D eigenvalue weighted by molar-refractivity contribution is 5.58. The molecule has 1 aliphatic rings. The zero-order valence-electron chi connectivity index (χ0n) is 13.6. The lowest BCUT2D eigenvalue weighted by molar-refractivity contribution is 0.264. The molecule has 3 heterocycles. The molecule has 2 N–H and O–H groups in total. The van der Waals surface area contributed by atoms with Gasteiger partial charge in [0.1, 0.15) is 5.82 Å². The van der Waals surface area contributed by atoms with E-state index in [-0.39, 0.29) is 0 Å². The lowest BCUT2D eigenvalue weighted by atomic mass is 10.00. The summed E-state index contributed by atoms with van der Waals surface area (Å²) >= 11 is 0. The first kappa shape index (κ1) is 14.9. The largest absolute Gasteiger partial charge is 0.369 e. The molecule has 0 saturated heterocycles. The van der Waals surface area contributed by atoms with Gasteiger partial charge in [0.05, 0.1) is 5.69 Å². The summed E-state index contributed by atoms with van der Waals surface area (Å²) in [5.41, 5.74) is 5.00. The van der Waals surface area contributed by atoms with Gasteiger partial charge in [0, 0.05) is 44.1 Å². The van der Waals surface area contributed by atoms with Crippen LogP contribution in [0.1, 0.15) is 11.1 Å². The summed E-state index contributed by atoms with van der Waals surface area (Å²) in [6.45, 7) is 4.10. The lowest BCUT2D eigenvalue weighted by Crippen LogP contribution is -2.34. The first-order chi connectivity index (χ1) is 11.9. The molecule has 0 radical (unpaired) electrons. The number of anilines is 1. The average Bonchev–Trinajstić information content (AvgIpc) is 3.17. The van der Waals surface area contributed by atoms with Crippen LogP contribution in [-0.4, -0.2) is 39.7 Å². The van der Waals surface area contributed by atoms with Crippen LogP contribution in [0, 0.1) is 0 Å². The molecule has 0 spiro atoms. The number of hydrogen-bond acceptors (Lipinski definition) is 4. The van der Waals surface area contributed by atoms with Crippen LogP contribution in [0.25, 0.3) is 11.3 Å². The molecule has 0 bridgehead atoms. The number of H-pyrrole nitrogens is 1. The van der Waals surface area contributed by atoms with Crippen molar-refractivity contribution in [3.8, 4) is 11.3 Å². The molecule has 0 atom stereocenters. The molecule has 3 aromatic rings. The number of benzene rings is 1. The summed E-state index contributed by atoms with van der Waals surface area (Å²) in [6, 6.07) is 14.8. The van der Waals surface area contributed by atoms with Crippen LogP contribution in [0.5, 0.6) is 0 Å². The van der Waals surface area contributed by atoms with Crippen molar-refractivity contribution in [3.05, 3.63) is 66.0 Å². The van der Waals surface area contributed by atoms with Crippen LogP contribution in [0.4, 0.5) is 5.82 Å². The highest BCUT2D eigenvalue weighted by atomic mass is 15.1. The van der Waals surface area contributed by atoms with Gasteiger partial charge in [-0.15, -0.1) is 0 Å². The van der Waals surface area contributed by atoms with E-state index in [4.69, 9.17) is 0 Å². The van der Waals surface area contributed by atoms with Crippen molar-refractivity contribution in [2.45, 2.75) is 13.0 Å². The van der Waals surface area contributed by atoms with Crippen molar-refractivity contribution in [2.75, 3.05) is 25.0 Å². The number of hydrogen-bond donors (Lipinski definition) is 2. The van der Waals surface area contributed by atoms with Crippen molar-refractivity contribution >= 4 is 5.82 Å². The number of fused-ring (bicyclic) bond motifs is 1. The normalized spacial score (nSPS) is 14.3. The minimum Gasteiger partial charge on any atom is -0.369 e. The molecule has 1 aromatic carbocycles. The average molecular weight is 319 g/mol. The third kappa shape index (κ3) is 3.31. The second-order valence-corrected chi connectivity index (χ2v) is 6.12. The van der Waals surface area contributed by atoms with E-state index in [1.807, 2.05) is 18.3 Å². The van der Waals surface area contributed by atoms with E-state index in [0.29, 0.717) is 0 Å². The van der Waals surface area contributed by atoms with E-state index >= 15 is 0 Å². The number of rotatable bonds is 5. The third-order valence-corrected chi connectivity index (χ3v) is 4.52. The Morgan fingerprint density at radius 1 is 1.08 bits per heavy atom. The van der Waals surface area contributed by atoms with Gasteiger partial charge < -0.3 is 5.32 Å². The number of pyridine rings is 1. The Labute approximate surface area is 141 Å². The number of nitrogens with one attached hydrogen (secondary N) is 2. The molecule has 0 unspecified atom stereocenters. The van der Waals surface area contributed by atoms with Gasteiger partial charge in [0.2, 0.25) is 0 Å². The molecule has 4 rings (SSSR count). The highest BCUT2D eigenvalue weighted by Gasteiger charge is 2.14. The molecule has 0 fully saturated rings. The topological polar surface area (TPSA) is 56.8 Å². The quantitative estimate of drug-likeness (QED) is 0.759. The SMILES string of the molecule is c1ccc2c(c1)CCN(CCNc1ccc(-c3ccn[nH]3)cn1)C2. The summed E-state index contributed by atoms with van der Waals surface area (Å²) in [5, 5.41) is 10.3. The predicted molar refractivity (Wildman–Crippen MR) is 95.7 cm³/mol. The Kier molecular flexibility index (Phi) is 4.25. The molecule has 0 aliphatic carbocycles. The zero-order valence-corrected chi connectivity index (χ0v) is 13.6. The Morgan fingerprint density at radius 2 is 2.00 bits per heavy atom. The van der Waals surface area contributed by atoms with Gasteiger partial charge in [-0.3, -0.25) is 10.00 Å². The fourth-order valence-electron chi connectivity index (χ4n) is 3.16. The van der Waals surface area contributed by atoms with Crippen LogP contribution in [0.2, 0.25) is 0 Å². The summed E-state index contributed by atoms with van der Waals surface area (Å²) in [7, 11) is 0. The number of aromatic nitrogens is 3. The van der Waals surface area contributed by atoms with E-state index in [9.17, 15) is 0 Å². The minimum absolute atomic E-state index is 0.901. The van der Waals surface area contributed by atoms with Crippen LogP contribution in [0.15, 0.2) is 54.9 Å². The van der Waals surface area contributed by atoms with E-state index in [2.05, 4.69) is 55.7 Å². The Morgan fingerprint density at radius 3 is 2.79 bits per heavy atom. The zero-order chi connectivity index (χ0) is 16.2. The van der Waals surface area contributed by atoms with E-state index in [0.717, 1.165) is 49.7 Å². The fraction of sp³-hybridized carbons (Fsp3) is 0.263. The minimum atomic E-state index is 0.901. The molecule has 5 nitrogen and oxygen atoms in total. The summed E-state index contributed by atoms with van der Waals surface area (Å²) in [6.07, 6.45) is 4.76. The van der Waals surface area contributed by atoms with E-state index in [1.165, 1.54) is 11.1 Å². The Hall–Kier alpha value is -2.66. The molecule has 2 aromatic heterocycles. The number of nitrogens with zero attached hydrogens (tertiary/aromatic N) is 3. The van der Waals surface area contributed by atoms with Crippen molar-refractivity contribution in [3.63, 3.8) is 0 Å². The molecule has 1 aliphatic heterocycles. The van der Waals surface area contributed by atoms with Crippen molar-refractivity contribution in [1.82, 2.24) is 20.1 Å². The highest BCUT2D eigenvalue weighted by Crippen LogP contribution is 2.18.